The molecule has 0 aromatic heterocycles. The lowest BCUT2D eigenvalue weighted by Crippen LogP contribution is -2.31. The van der Waals surface area contributed by atoms with Crippen molar-refractivity contribution in [2.24, 2.45) is 0 Å². The van der Waals surface area contributed by atoms with Crippen LogP contribution in [0.25, 0.3) is 0 Å². The number of halogens is 1. The van der Waals surface area contributed by atoms with E-state index in [1.165, 1.54) is 12.1 Å². The minimum absolute atomic E-state index is 0.287. The highest BCUT2D eigenvalue weighted by atomic mass is 35.5. The molecule has 1 atom stereocenters. The highest BCUT2D eigenvalue weighted by Crippen LogP contribution is 2.17. The molecular formula is C11H27ClOSi2. The number of hydrogen-bond acceptors (Lipinski definition) is 1. The molecule has 4 heteroatoms. The Bertz CT molecular complexity index is 172. The van der Waals surface area contributed by atoms with Crippen molar-refractivity contribution in [3.8, 4) is 0 Å². The topological polar surface area (TPSA) is 9.23 Å². The van der Waals surface area contributed by atoms with Gasteiger partial charge in [-0.3, -0.25) is 0 Å². The van der Waals surface area contributed by atoms with Crippen molar-refractivity contribution in [2.75, 3.05) is 12.5 Å². The first kappa shape index (κ1) is 15.7. The average Bonchev–Trinajstić information content (AvgIpc) is 1.97. The third kappa shape index (κ3) is 11.0. The summed E-state index contributed by atoms with van der Waals surface area (Å²) in [5.74, 6) is 0.649. The van der Waals surface area contributed by atoms with E-state index in [-0.39, 0.29) is 6.10 Å². The number of alkyl halides is 1. The maximum absolute atomic E-state index is 5.93. The zero-order valence-corrected chi connectivity index (χ0v) is 13.9. The van der Waals surface area contributed by atoms with Gasteiger partial charge in [0.25, 0.3) is 0 Å². The van der Waals surface area contributed by atoms with Crippen molar-refractivity contribution in [1.82, 2.24) is 0 Å². The number of rotatable bonds is 7. The fourth-order valence-electron chi connectivity index (χ4n) is 1.37. The molecule has 1 nitrogen and oxygen atoms in total. The second-order valence-electron chi connectivity index (χ2n) is 6.72. The van der Waals surface area contributed by atoms with Crippen LogP contribution in [0.1, 0.15) is 0 Å². The van der Waals surface area contributed by atoms with E-state index in [4.69, 9.17) is 16.3 Å². The first-order valence-corrected chi connectivity index (χ1v) is 13.8. The van der Waals surface area contributed by atoms with Crippen LogP contribution in [0.5, 0.6) is 0 Å². The molecule has 92 valence electrons. The molecule has 0 bridgehead atoms. The molecule has 0 radical (unpaired) electrons. The normalized spacial score (nSPS) is 15.4. The van der Waals surface area contributed by atoms with E-state index in [1.54, 1.807) is 0 Å². The molecular weight excluding hydrogens is 240 g/mol. The summed E-state index contributed by atoms with van der Waals surface area (Å²) in [7, 11) is -1.99. The van der Waals surface area contributed by atoms with Crippen molar-refractivity contribution in [1.29, 1.82) is 0 Å². The molecule has 0 saturated carbocycles. The molecule has 15 heavy (non-hydrogen) atoms. The highest BCUT2D eigenvalue weighted by Gasteiger charge is 2.21. The maximum atomic E-state index is 5.93. The SMILES string of the molecule is C[Si](C)(C)CCOC(CCl)C[Si](C)(C)C. The summed E-state index contributed by atoms with van der Waals surface area (Å²) in [6.07, 6.45) is 0.287. The van der Waals surface area contributed by atoms with Gasteiger partial charge in [-0.15, -0.1) is 11.6 Å². The van der Waals surface area contributed by atoms with Crippen LogP contribution in [0.3, 0.4) is 0 Å². The molecule has 1 unspecified atom stereocenters. The van der Waals surface area contributed by atoms with E-state index in [0.717, 1.165) is 6.61 Å². The molecule has 0 saturated heterocycles. The molecule has 0 amide bonds. The van der Waals surface area contributed by atoms with E-state index in [0.29, 0.717) is 5.88 Å². The molecule has 0 N–H and O–H groups in total. The van der Waals surface area contributed by atoms with E-state index in [2.05, 4.69) is 39.3 Å². The third-order valence-electron chi connectivity index (χ3n) is 2.22. The minimum Gasteiger partial charge on any atom is -0.378 e. The van der Waals surface area contributed by atoms with E-state index in [9.17, 15) is 0 Å². The quantitative estimate of drug-likeness (QED) is 0.494. The summed E-state index contributed by atoms with van der Waals surface area (Å²) in [5.41, 5.74) is 0. The second kappa shape index (κ2) is 6.43. The molecule has 0 aliphatic carbocycles. The summed E-state index contributed by atoms with van der Waals surface area (Å²) in [4.78, 5) is 0. The smallest absolute Gasteiger partial charge is 0.0686 e. The fraction of sp³-hybridized carbons (Fsp3) is 1.00. The highest BCUT2D eigenvalue weighted by molar-refractivity contribution is 6.76. The minimum atomic E-state index is -1.04. The van der Waals surface area contributed by atoms with Crippen LogP contribution in [0.4, 0.5) is 0 Å². The van der Waals surface area contributed by atoms with E-state index < -0.39 is 16.1 Å². The summed E-state index contributed by atoms with van der Waals surface area (Å²) >= 11 is 5.93. The van der Waals surface area contributed by atoms with Crippen LogP contribution in [0.2, 0.25) is 51.4 Å². The molecule has 0 aromatic carbocycles. The molecule has 0 fully saturated rings. The molecule has 0 heterocycles. The van der Waals surface area contributed by atoms with Crippen LogP contribution < -0.4 is 0 Å². The van der Waals surface area contributed by atoms with Gasteiger partial charge in [0.05, 0.1) is 6.10 Å². The Hall–Kier alpha value is 0.684. The summed E-state index contributed by atoms with van der Waals surface area (Å²) in [6.45, 7) is 15.1. The van der Waals surface area contributed by atoms with Crippen molar-refractivity contribution in [3.63, 3.8) is 0 Å². The number of hydrogen-bond donors (Lipinski definition) is 0. The Balaban J connectivity index is 3.82. The Morgan fingerprint density at radius 2 is 1.53 bits per heavy atom. The Kier molecular flexibility index (Phi) is 6.72. The summed E-state index contributed by atoms with van der Waals surface area (Å²) < 4.78 is 5.88. The predicted octanol–water partition coefficient (Wildman–Crippen LogP) is 4.29. The molecule has 0 aromatic rings. The Morgan fingerprint density at radius 1 is 1.00 bits per heavy atom. The lowest BCUT2D eigenvalue weighted by Gasteiger charge is -2.24. The first-order chi connectivity index (χ1) is 6.64. The van der Waals surface area contributed by atoms with E-state index in [1.807, 2.05) is 0 Å². The van der Waals surface area contributed by atoms with Gasteiger partial charge >= 0.3 is 0 Å². The standard InChI is InChI=1S/C11H27ClOSi2/c1-14(2,3)8-7-13-11(9-12)10-15(4,5)6/h11H,7-10H2,1-6H3. The lowest BCUT2D eigenvalue weighted by atomic mass is 10.5. The van der Waals surface area contributed by atoms with Gasteiger partial charge in [-0.05, 0) is 12.1 Å². The Labute approximate surface area is 103 Å². The fourth-order valence-corrected chi connectivity index (χ4v) is 4.11. The molecule has 0 rings (SSSR count). The largest absolute Gasteiger partial charge is 0.378 e. The second-order valence-corrected chi connectivity index (χ2v) is 18.2. The van der Waals surface area contributed by atoms with Crippen LogP contribution >= 0.6 is 11.6 Å². The lowest BCUT2D eigenvalue weighted by molar-refractivity contribution is 0.0906. The van der Waals surface area contributed by atoms with Crippen LogP contribution in [-0.2, 0) is 4.74 Å². The molecule has 0 spiro atoms. The first-order valence-electron chi connectivity index (χ1n) is 5.82. The van der Waals surface area contributed by atoms with Gasteiger partial charge in [0.1, 0.15) is 0 Å². The van der Waals surface area contributed by atoms with Crippen molar-refractivity contribution < 1.29 is 4.74 Å². The van der Waals surface area contributed by atoms with E-state index >= 15 is 0 Å². The van der Waals surface area contributed by atoms with Gasteiger partial charge in [0.15, 0.2) is 0 Å². The van der Waals surface area contributed by atoms with Crippen molar-refractivity contribution >= 4 is 27.7 Å². The predicted molar refractivity (Wildman–Crippen MR) is 76.8 cm³/mol. The van der Waals surface area contributed by atoms with Crippen molar-refractivity contribution in [2.45, 2.75) is 57.5 Å². The van der Waals surface area contributed by atoms with Crippen molar-refractivity contribution in [3.05, 3.63) is 0 Å². The van der Waals surface area contributed by atoms with Gasteiger partial charge in [-0.1, -0.05) is 39.3 Å². The maximum Gasteiger partial charge on any atom is 0.0686 e. The third-order valence-corrected chi connectivity index (χ3v) is 5.95. The van der Waals surface area contributed by atoms with Gasteiger partial charge < -0.3 is 4.74 Å². The van der Waals surface area contributed by atoms with Gasteiger partial charge in [0, 0.05) is 28.6 Å². The average molecular weight is 267 g/mol. The van der Waals surface area contributed by atoms with Gasteiger partial charge in [-0.2, -0.15) is 0 Å². The zero-order valence-electron chi connectivity index (χ0n) is 11.2. The summed E-state index contributed by atoms with van der Waals surface area (Å²) in [6, 6.07) is 2.42. The van der Waals surface area contributed by atoms with Crippen LogP contribution in [0, 0.1) is 0 Å². The monoisotopic (exact) mass is 266 g/mol. The molecule has 0 aliphatic heterocycles. The van der Waals surface area contributed by atoms with Crippen LogP contribution in [0.15, 0.2) is 0 Å². The van der Waals surface area contributed by atoms with Gasteiger partial charge in [-0.25, -0.2) is 0 Å². The van der Waals surface area contributed by atoms with Gasteiger partial charge in [0.2, 0.25) is 0 Å². The summed E-state index contributed by atoms with van der Waals surface area (Å²) in [5, 5.41) is 0. The zero-order chi connectivity index (χ0) is 12.1. The Morgan fingerprint density at radius 3 is 1.87 bits per heavy atom. The molecule has 0 aliphatic rings. The number of ether oxygens (including phenoxy) is 1. The van der Waals surface area contributed by atoms with Crippen LogP contribution in [-0.4, -0.2) is 34.7 Å².